The van der Waals surface area contributed by atoms with E-state index >= 15 is 0 Å². The van der Waals surface area contributed by atoms with Gasteiger partial charge < -0.3 is 10.0 Å². The molecule has 1 N–H and O–H groups in total. The molecule has 1 saturated heterocycles. The van der Waals surface area contributed by atoms with E-state index in [0.29, 0.717) is 13.0 Å². The van der Waals surface area contributed by atoms with Gasteiger partial charge in [-0.3, -0.25) is 9.48 Å². The number of hydrogen-bond acceptors (Lipinski definition) is 3. The minimum absolute atomic E-state index is 0.0416. The zero-order valence-electron chi connectivity index (χ0n) is 14.2. The van der Waals surface area contributed by atoms with E-state index in [4.69, 9.17) is 0 Å². The molecule has 0 spiro atoms. The molecule has 0 bridgehead atoms. The number of nitrogens with zero attached hydrogens (tertiary/aromatic N) is 3. The Kier molecular flexibility index (Phi) is 4.41. The molecular weight excluding hydrogens is 309 g/mol. The van der Waals surface area contributed by atoms with Crippen molar-refractivity contribution in [1.82, 2.24) is 14.7 Å². The van der Waals surface area contributed by atoms with Gasteiger partial charge in [-0.05, 0) is 38.0 Å². The molecule has 0 saturated carbocycles. The fourth-order valence-corrected chi connectivity index (χ4v) is 3.42. The van der Waals surface area contributed by atoms with Gasteiger partial charge in [0.05, 0.1) is 24.3 Å². The summed E-state index contributed by atoms with van der Waals surface area (Å²) in [5, 5.41) is 14.4. The average Bonchev–Trinajstić information content (AvgIpc) is 3.03. The van der Waals surface area contributed by atoms with Crippen molar-refractivity contribution in [3.63, 3.8) is 0 Å². The molecule has 1 aliphatic heterocycles. The van der Waals surface area contributed by atoms with E-state index in [0.717, 1.165) is 22.5 Å². The summed E-state index contributed by atoms with van der Waals surface area (Å²) in [6, 6.07) is 5.92. The van der Waals surface area contributed by atoms with Crippen molar-refractivity contribution in [1.29, 1.82) is 0 Å². The molecule has 3 rings (SSSR count). The van der Waals surface area contributed by atoms with Crippen molar-refractivity contribution >= 4 is 5.91 Å². The average molecular weight is 331 g/mol. The van der Waals surface area contributed by atoms with Gasteiger partial charge in [-0.2, -0.15) is 5.10 Å². The molecule has 1 aliphatic rings. The van der Waals surface area contributed by atoms with Crippen LogP contribution in [0.4, 0.5) is 4.39 Å². The maximum absolute atomic E-state index is 13.1. The van der Waals surface area contributed by atoms with Crippen LogP contribution < -0.4 is 0 Å². The smallest absolute Gasteiger partial charge is 0.227 e. The van der Waals surface area contributed by atoms with E-state index in [1.807, 2.05) is 20.9 Å². The molecule has 128 valence electrons. The number of aliphatic hydroxyl groups excluding tert-OH is 1. The van der Waals surface area contributed by atoms with Gasteiger partial charge in [0, 0.05) is 24.8 Å². The maximum atomic E-state index is 13.1. The van der Waals surface area contributed by atoms with E-state index in [1.54, 1.807) is 21.7 Å². The van der Waals surface area contributed by atoms with Crippen molar-refractivity contribution in [3.05, 3.63) is 52.6 Å². The fraction of sp³-hybridized carbons (Fsp3) is 0.444. The number of aliphatic hydroxyl groups is 1. The summed E-state index contributed by atoms with van der Waals surface area (Å²) in [7, 11) is 1.86. The highest BCUT2D eigenvalue weighted by Crippen LogP contribution is 2.33. The van der Waals surface area contributed by atoms with Crippen LogP contribution in [0.2, 0.25) is 0 Å². The molecule has 0 radical (unpaired) electrons. The second-order valence-electron chi connectivity index (χ2n) is 6.45. The topological polar surface area (TPSA) is 58.4 Å². The minimum atomic E-state index is -0.555. The maximum Gasteiger partial charge on any atom is 0.227 e. The third-order valence-electron chi connectivity index (χ3n) is 4.84. The van der Waals surface area contributed by atoms with Gasteiger partial charge in [-0.1, -0.05) is 12.1 Å². The summed E-state index contributed by atoms with van der Waals surface area (Å²) in [6.07, 6.45) is 0.179. The SMILES string of the molecule is Cc1nn(C)c(C)c1CC(=O)N1C[C@H](O)C[C@@H]1c1ccc(F)cc1. The first kappa shape index (κ1) is 16.6. The van der Waals surface area contributed by atoms with Crippen molar-refractivity contribution in [2.75, 3.05) is 6.54 Å². The molecule has 2 aromatic rings. The Morgan fingerprint density at radius 1 is 1.33 bits per heavy atom. The monoisotopic (exact) mass is 331 g/mol. The van der Waals surface area contributed by atoms with E-state index in [-0.39, 0.29) is 24.2 Å². The Labute approximate surface area is 140 Å². The zero-order chi connectivity index (χ0) is 17.4. The Bertz CT molecular complexity index is 754. The molecule has 1 aromatic carbocycles. The molecule has 5 nitrogen and oxygen atoms in total. The van der Waals surface area contributed by atoms with Crippen molar-refractivity contribution in [2.45, 2.75) is 38.8 Å². The van der Waals surface area contributed by atoms with Crippen LogP contribution >= 0.6 is 0 Å². The largest absolute Gasteiger partial charge is 0.391 e. The lowest BCUT2D eigenvalue weighted by Gasteiger charge is -2.25. The molecule has 1 fully saturated rings. The van der Waals surface area contributed by atoms with Crippen LogP contribution in [-0.2, 0) is 18.3 Å². The van der Waals surface area contributed by atoms with Crippen LogP contribution in [0.5, 0.6) is 0 Å². The van der Waals surface area contributed by atoms with Gasteiger partial charge in [-0.25, -0.2) is 4.39 Å². The van der Waals surface area contributed by atoms with Crippen LogP contribution in [0.15, 0.2) is 24.3 Å². The Morgan fingerprint density at radius 2 is 2.00 bits per heavy atom. The van der Waals surface area contributed by atoms with Crippen molar-refractivity contribution < 1.29 is 14.3 Å². The molecule has 0 unspecified atom stereocenters. The normalized spacial score (nSPS) is 20.6. The number of amides is 1. The molecule has 1 amide bonds. The third kappa shape index (κ3) is 3.06. The number of benzene rings is 1. The summed E-state index contributed by atoms with van der Waals surface area (Å²) >= 11 is 0. The third-order valence-corrected chi connectivity index (χ3v) is 4.84. The first-order valence-corrected chi connectivity index (χ1v) is 8.09. The van der Waals surface area contributed by atoms with Crippen LogP contribution in [-0.4, -0.2) is 38.3 Å². The highest BCUT2D eigenvalue weighted by molar-refractivity contribution is 5.80. The molecular formula is C18H22FN3O2. The van der Waals surface area contributed by atoms with Gasteiger partial charge in [0.25, 0.3) is 0 Å². The van der Waals surface area contributed by atoms with Crippen LogP contribution in [0.25, 0.3) is 0 Å². The van der Waals surface area contributed by atoms with E-state index in [9.17, 15) is 14.3 Å². The fourth-order valence-electron chi connectivity index (χ4n) is 3.42. The van der Waals surface area contributed by atoms with Gasteiger partial charge in [-0.15, -0.1) is 0 Å². The van der Waals surface area contributed by atoms with Gasteiger partial charge in [0.2, 0.25) is 5.91 Å². The Hall–Kier alpha value is -2.21. The number of β-amino-alcohol motifs (C(OH)–C–C–N with tert-alkyl or cyclic N) is 1. The van der Waals surface area contributed by atoms with Gasteiger partial charge in [0.1, 0.15) is 5.82 Å². The summed E-state index contributed by atoms with van der Waals surface area (Å²) in [6.45, 7) is 4.14. The molecule has 0 aliphatic carbocycles. The number of hydrogen-bond donors (Lipinski definition) is 1. The molecule has 2 heterocycles. The lowest BCUT2D eigenvalue weighted by Crippen LogP contribution is -2.33. The first-order chi connectivity index (χ1) is 11.4. The first-order valence-electron chi connectivity index (χ1n) is 8.09. The number of aryl methyl sites for hydroxylation is 2. The highest BCUT2D eigenvalue weighted by Gasteiger charge is 2.35. The lowest BCUT2D eigenvalue weighted by molar-refractivity contribution is -0.131. The Balaban J connectivity index is 1.83. The van der Waals surface area contributed by atoms with Crippen molar-refractivity contribution in [3.8, 4) is 0 Å². The molecule has 1 aromatic heterocycles. The number of halogens is 1. The number of carbonyl (C=O) groups is 1. The van der Waals surface area contributed by atoms with Crippen LogP contribution in [0.1, 0.15) is 35.0 Å². The predicted octanol–water partition coefficient (Wildman–Crippen LogP) is 2.05. The second-order valence-corrected chi connectivity index (χ2v) is 6.45. The summed E-state index contributed by atoms with van der Waals surface area (Å²) in [4.78, 5) is 14.5. The van der Waals surface area contributed by atoms with Crippen LogP contribution in [0.3, 0.4) is 0 Å². The lowest BCUT2D eigenvalue weighted by atomic mass is 10.0. The van der Waals surface area contributed by atoms with E-state index in [2.05, 4.69) is 5.10 Å². The van der Waals surface area contributed by atoms with Gasteiger partial charge >= 0.3 is 0 Å². The second kappa shape index (κ2) is 6.36. The number of likely N-dealkylation sites (tertiary alicyclic amines) is 1. The Morgan fingerprint density at radius 3 is 2.58 bits per heavy atom. The number of aromatic nitrogens is 2. The zero-order valence-corrected chi connectivity index (χ0v) is 14.2. The summed E-state index contributed by atoms with van der Waals surface area (Å²) < 4.78 is 14.9. The highest BCUT2D eigenvalue weighted by atomic mass is 19.1. The predicted molar refractivity (Wildman–Crippen MR) is 87.9 cm³/mol. The van der Waals surface area contributed by atoms with E-state index in [1.165, 1.54) is 12.1 Å². The number of carbonyl (C=O) groups excluding carboxylic acids is 1. The van der Waals surface area contributed by atoms with Gasteiger partial charge in [0.15, 0.2) is 0 Å². The van der Waals surface area contributed by atoms with E-state index < -0.39 is 6.10 Å². The standard InChI is InChI=1S/C18H22FN3O2/c1-11-16(12(2)21(3)20-11)9-18(24)22-10-15(23)8-17(22)13-4-6-14(19)7-5-13/h4-7,15,17,23H,8-10H2,1-3H3/t15-,17-/m1/s1. The number of rotatable bonds is 3. The quantitative estimate of drug-likeness (QED) is 0.936. The molecule has 2 atom stereocenters. The van der Waals surface area contributed by atoms with Crippen LogP contribution in [0, 0.1) is 19.7 Å². The summed E-state index contributed by atoms with van der Waals surface area (Å²) in [5.41, 5.74) is 3.60. The van der Waals surface area contributed by atoms with Crippen molar-refractivity contribution in [2.24, 2.45) is 7.05 Å². The minimum Gasteiger partial charge on any atom is -0.391 e. The molecule has 24 heavy (non-hydrogen) atoms. The summed E-state index contributed by atoms with van der Waals surface area (Å²) in [5.74, 6) is -0.350. The molecule has 6 heteroatoms.